The number of hydrogen-bond donors (Lipinski definition) is 4. The number of amides is 3. The second-order valence-electron chi connectivity index (χ2n) is 6.37. The standard InChI is InChI=1S/C18H22N4O2S/c1-10(2)11-3-5-12(6-4-11)21-18(24)22-17-15-13(7-8-20-17)14(9-25-15)16(19)23/h3-6,9-10,17,20H,7-8H2,1-2H3,(H2,19,23)(H2,21,22,24). The van der Waals surface area contributed by atoms with Crippen LogP contribution in [-0.4, -0.2) is 18.5 Å². The zero-order valence-corrected chi connectivity index (χ0v) is 15.1. The summed E-state index contributed by atoms with van der Waals surface area (Å²) in [7, 11) is 0. The van der Waals surface area contributed by atoms with Gasteiger partial charge in [0, 0.05) is 22.5 Å². The molecule has 1 aromatic carbocycles. The van der Waals surface area contributed by atoms with Crippen LogP contribution in [0.3, 0.4) is 0 Å². The van der Waals surface area contributed by atoms with E-state index < -0.39 is 5.91 Å². The number of fused-ring (bicyclic) bond motifs is 1. The second kappa shape index (κ2) is 7.25. The Morgan fingerprint density at radius 1 is 1.28 bits per heavy atom. The third-order valence-electron chi connectivity index (χ3n) is 4.29. The third kappa shape index (κ3) is 3.83. The summed E-state index contributed by atoms with van der Waals surface area (Å²) in [4.78, 5) is 24.7. The zero-order valence-electron chi connectivity index (χ0n) is 14.3. The Bertz CT molecular complexity index is 783. The molecule has 1 aliphatic rings. The molecule has 1 aromatic heterocycles. The Hall–Kier alpha value is -2.38. The minimum absolute atomic E-state index is 0.295. The molecule has 1 atom stereocenters. The Balaban J connectivity index is 1.67. The van der Waals surface area contributed by atoms with Crippen LogP contribution in [0.4, 0.5) is 10.5 Å². The van der Waals surface area contributed by atoms with Crippen LogP contribution >= 0.6 is 11.3 Å². The fraction of sp³-hybridized carbons (Fsp3) is 0.333. The van der Waals surface area contributed by atoms with Crippen molar-refractivity contribution >= 4 is 29.0 Å². The van der Waals surface area contributed by atoms with Gasteiger partial charge in [0.2, 0.25) is 5.91 Å². The summed E-state index contributed by atoms with van der Waals surface area (Å²) in [5, 5.41) is 10.8. The van der Waals surface area contributed by atoms with Gasteiger partial charge in [0.15, 0.2) is 0 Å². The molecule has 25 heavy (non-hydrogen) atoms. The minimum Gasteiger partial charge on any atom is -0.366 e. The van der Waals surface area contributed by atoms with Gasteiger partial charge in [-0.1, -0.05) is 26.0 Å². The molecular formula is C18H22N4O2S. The van der Waals surface area contributed by atoms with Crippen LogP contribution in [0.1, 0.15) is 52.3 Å². The summed E-state index contributed by atoms with van der Waals surface area (Å²) in [6.45, 7) is 4.93. The van der Waals surface area contributed by atoms with E-state index in [-0.39, 0.29) is 12.2 Å². The number of benzene rings is 1. The van der Waals surface area contributed by atoms with Gasteiger partial charge < -0.3 is 16.4 Å². The highest BCUT2D eigenvalue weighted by Crippen LogP contribution is 2.30. The fourth-order valence-electron chi connectivity index (χ4n) is 2.90. The molecule has 3 rings (SSSR count). The number of hydrogen-bond acceptors (Lipinski definition) is 4. The highest BCUT2D eigenvalue weighted by molar-refractivity contribution is 7.10. The SMILES string of the molecule is CC(C)c1ccc(NC(=O)NC2NCCc3c(C(N)=O)csc32)cc1. The van der Waals surface area contributed by atoms with Crippen LogP contribution in [0.5, 0.6) is 0 Å². The zero-order chi connectivity index (χ0) is 18.0. The van der Waals surface area contributed by atoms with Gasteiger partial charge in [-0.05, 0) is 35.6 Å². The minimum atomic E-state index is -0.423. The summed E-state index contributed by atoms with van der Waals surface area (Å²) in [6, 6.07) is 7.51. The van der Waals surface area contributed by atoms with Crippen LogP contribution in [-0.2, 0) is 6.42 Å². The monoisotopic (exact) mass is 358 g/mol. The Morgan fingerprint density at radius 3 is 2.64 bits per heavy atom. The molecule has 2 heterocycles. The summed E-state index contributed by atoms with van der Waals surface area (Å²) in [6.07, 6.45) is 0.407. The maximum absolute atomic E-state index is 12.3. The highest BCUT2D eigenvalue weighted by atomic mass is 32.1. The van der Waals surface area contributed by atoms with E-state index in [4.69, 9.17) is 5.73 Å². The molecule has 0 saturated heterocycles. The third-order valence-corrected chi connectivity index (χ3v) is 5.38. The maximum Gasteiger partial charge on any atom is 0.320 e. The first kappa shape index (κ1) is 17.4. The van der Waals surface area contributed by atoms with Gasteiger partial charge in [0.1, 0.15) is 6.17 Å². The van der Waals surface area contributed by atoms with E-state index in [2.05, 4.69) is 29.8 Å². The van der Waals surface area contributed by atoms with E-state index in [9.17, 15) is 9.59 Å². The van der Waals surface area contributed by atoms with E-state index in [1.54, 1.807) is 5.38 Å². The first-order valence-corrected chi connectivity index (χ1v) is 9.14. The molecule has 1 aliphatic heterocycles. The van der Waals surface area contributed by atoms with Crippen molar-refractivity contribution in [1.82, 2.24) is 10.6 Å². The Kier molecular flexibility index (Phi) is 5.06. The van der Waals surface area contributed by atoms with Crippen molar-refractivity contribution in [3.05, 3.63) is 51.2 Å². The lowest BCUT2D eigenvalue weighted by atomic mass is 10.0. The summed E-state index contributed by atoms with van der Waals surface area (Å²) >= 11 is 1.44. The number of carbonyl (C=O) groups excluding carboxylic acids is 2. The molecule has 0 spiro atoms. The number of thiophene rings is 1. The molecule has 0 radical (unpaired) electrons. The molecule has 0 aliphatic carbocycles. The van der Waals surface area contributed by atoms with Crippen LogP contribution < -0.4 is 21.7 Å². The van der Waals surface area contributed by atoms with Gasteiger partial charge in [-0.25, -0.2) is 4.79 Å². The van der Waals surface area contributed by atoms with E-state index in [0.29, 0.717) is 18.0 Å². The molecule has 6 nitrogen and oxygen atoms in total. The number of urea groups is 1. The molecule has 132 valence electrons. The molecule has 2 aromatic rings. The highest BCUT2D eigenvalue weighted by Gasteiger charge is 2.26. The predicted molar refractivity (Wildman–Crippen MR) is 100.0 cm³/mol. The normalized spacial score (nSPS) is 16.4. The topological polar surface area (TPSA) is 96.2 Å². The largest absolute Gasteiger partial charge is 0.366 e. The number of nitrogens with two attached hydrogens (primary N) is 1. The van der Waals surface area contributed by atoms with Crippen molar-refractivity contribution in [1.29, 1.82) is 0 Å². The van der Waals surface area contributed by atoms with Crippen molar-refractivity contribution in [2.75, 3.05) is 11.9 Å². The molecule has 0 saturated carbocycles. The van der Waals surface area contributed by atoms with Crippen LogP contribution in [0, 0.1) is 0 Å². The molecule has 0 bridgehead atoms. The van der Waals surface area contributed by atoms with Crippen molar-refractivity contribution in [2.45, 2.75) is 32.4 Å². The van der Waals surface area contributed by atoms with Gasteiger partial charge in [-0.3, -0.25) is 10.1 Å². The Morgan fingerprint density at radius 2 is 2.00 bits per heavy atom. The lowest BCUT2D eigenvalue weighted by Gasteiger charge is -2.25. The first-order valence-electron chi connectivity index (χ1n) is 8.26. The van der Waals surface area contributed by atoms with Crippen LogP contribution in [0.15, 0.2) is 29.6 Å². The number of anilines is 1. The molecular weight excluding hydrogens is 336 g/mol. The molecule has 7 heteroatoms. The lowest BCUT2D eigenvalue weighted by molar-refractivity contribution is 0.0999. The summed E-state index contributed by atoms with van der Waals surface area (Å²) < 4.78 is 0. The van der Waals surface area contributed by atoms with Gasteiger partial charge in [0.05, 0.1) is 5.56 Å². The molecule has 3 amide bonds. The van der Waals surface area contributed by atoms with Crippen molar-refractivity contribution < 1.29 is 9.59 Å². The summed E-state index contributed by atoms with van der Waals surface area (Å²) in [5.41, 5.74) is 8.86. The number of primary amides is 1. The Labute approximate surface area is 150 Å². The van der Waals surface area contributed by atoms with Crippen molar-refractivity contribution in [3.8, 4) is 0 Å². The van der Waals surface area contributed by atoms with E-state index >= 15 is 0 Å². The average molecular weight is 358 g/mol. The van der Waals surface area contributed by atoms with Crippen molar-refractivity contribution in [3.63, 3.8) is 0 Å². The second-order valence-corrected chi connectivity index (χ2v) is 7.28. The number of rotatable bonds is 4. The average Bonchev–Trinajstić information content (AvgIpc) is 3.00. The first-order chi connectivity index (χ1) is 12.0. The van der Waals surface area contributed by atoms with Crippen LogP contribution in [0.2, 0.25) is 0 Å². The lowest BCUT2D eigenvalue weighted by Crippen LogP contribution is -2.43. The molecule has 1 unspecified atom stereocenters. The maximum atomic E-state index is 12.3. The number of carbonyl (C=O) groups is 2. The van der Waals surface area contributed by atoms with Gasteiger partial charge in [0.25, 0.3) is 0 Å². The van der Waals surface area contributed by atoms with Crippen LogP contribution in [0.25, 0.3) is 0 Å². The molecule has 5 N–H and O–H groups in total. The van der Waals surface area contributed by atoms with Gasteiger partial charge in [-0.15, -0.1) is 11.3 Å². The van der Waals surface area contributed by atoms with Gasteiger partial charge >= 0.3 is 6.03 Å². The summed E-state index contributed by atoms with van der Waals surface area (Å²) in [5.74, 6) is 0.0267. The van der Waals surface area contributed by atoms with Crippen molar-refractivity contribution in [2.24, 2.45) is 5.73 Å². The fourth-order valence-corrected chi connectivity index (χ4v) is 4.04. The van der Waals surface area contributed by atoms with E-state index in [0.717, 1.165) is 22.5 Å². The quantitative estimate of drug-likeness (QED) is 0.676. The van der Waals surface area contributed by atoms with E-state index in [1.807, 2.05) is 24.3 Å². The van der Waals surface area contributed by atoms with E-state index in [1.165, 1.54) is 16.9 Å². The van der Waals surface area contributed by atoms with Gasteiger partial charge in [-0.2, -0.15) is 0 Å². The number of nitrogens with one attached hydrogen (secondary N) is 3. The smallest absolute Gasteiger partial charge is 0.320 e. The molecule has 0 fully saturated rings. The predicted octanol–water partition coefficient (Wildman–Crippen LogP) is 2.94.